The molecule has 0 aliphatic carbocycles. The fourth-order valence-electron chi connectivity index (χ4n) is 12.5. The van der Waals surface area contributed by atoms with Crippen molar-refractivity contribution in [1.82, 2.24) is 4.90 Å². The highest BCUT2D eigenvalue weighted by Crippen LogP contribution is 2.43. The maximum atomic E-state index is 13.1. The van der Waals surface area contributed by atoms with Crippen LogP contribution >= 0.6 is 0 Å². The van der Waals surface area contributed by atoms with Gasteiger partial charge in [0.05, 0.1) is 74.6 Å². The molecule has 7 aliphatic rings. The lowest BCUT2D eigenvalue weighted by atomic mass is 9.97. The van der Waals surface area contributed by atoms with Gasteiger partial charge in [0.2, 0.25) is 29.5 Å². The van der Waals surface area contributed by atoms with E-state index in [1.165, 1.54) is 36.4 Å². The van der Waals surface area contributed by atoms with Gasteiger partial charge in [-0.25, -0.2) is 0 Å². The Morgan fingerprint density at radius 3 is 1.62 bits per heavy atom. The van der Waals surface area contributed by atoms with Crippen molar-refractivity contribution in [3.8, 4) is 23.0 Å². The van der Waals surface area contributed by atoms with Crippen LogP contribution in [0.1, 0.15) is 101 Å². The summed E-state index contributed by atoms with van der Waals surface area (Å²) < 4.78 is 145. The van der Waals surface area contributed by atoms with E-state index in [4.69, 9.17) is 28.8 Å². The number of nitrogens with zero attached hydrogens (tertiary/aromatic N) is 1. The Morgan fingerprint density at radius 1 is 0.574 bits per heavy atom. The highest BCUT2D eigenvalue weighted by Gasteiger charge is 2.36. The molecular weight excluding hydrogens is 1340 g/mol. The van der Waals surface area contributed by atoms with Crippen LogP contribution in [0.5, 0.6) is 23.0 Å². The summed E-state index contributed by atoms with van der Waals surface area (Å²) >= 11 is 0. The van der Waals surface area contributed by atoms with Crippen LogP contribution in [0.3, 0.4) is 0 Å². The van der Waals surface area contributed by atoms with Crippen LogP contribution < -0.4 is 50.8 Å². The molecule has 1 fully saturated rings. The molecule has 532 valence electrons. The Hall–Kier alpha value is -10.2. The fourth-order valence-corrected chi connectivity index (χ4v) is 12.5. The first kappa shape index (κ1) is 72.1. The zero-order valence-corrected chi connectivity index (χ0v) is 54.3. The second kappa shape index (κ2) is 31.6. The number of Topliss-reactive ketones (excluding diaryl/α,β-unsaturated/α-hetero) is 1. The predicted molar refractivity (Wildman–Crippen MR) is 358 cm³/mol. The number of halogens is 9. The van der Waals surface area contributed by atoms with Crippen LogP contribution in [0.2, 0.25) is 0 Å². The van der Waals surface area contributed by atoms with Crippen molar-refractivity contribution < 1.29 is 97.1 Å². The second-order valence-electron chi connectivity index (χ2n) is 24.5. The van der Waals surface area contributed by atoms with Gasteiger partial charge in [0, 0.05) is 113 Å². The van der Waals surface area contributed by atoms with E-state index in [-0.39, 0.29) is 93.3 Å². The number of amides is 5. The number of ether oxygens (including phenoxy) is 5. The lowest BCUT2D eigenvalue weighted by Crippen LogP contribution is -2.52. The lowest BCUT2D eigenvalue weighted by molar-refractivity contribution is -0.138. The Kier molecular flexibility index (Phi) is 22.5. The van der Waals surface area contributed by atoms with Gasteiger partial charge < -0.3 is 60.7 Å². The topological polar surface area (TPSA) is 244 Å². The van der Waals surface area contributed by atoms with Gasteiger partial charge >= 0.3 is 18.5 Å². The molecule has 13 rings (SSSR count). The molecule has 5 amide bonds. The number of allylic oxidation sites excluding steroid dienone is 3. The Bertz CT molecular complexity index is 4260. The standard InChI is InChI=1S/C26H26F3N3O4.C25H25F3N2O5.C22H19F3N2O3/c27-26(28,29)18-4-6-20-16(2-1-9-36-23(20)14-18)13-24(33)30-19-5-3-17-12-22(25(34)31-21(17)15-19)32-7-10-35-11-8-32;26-25(27,28)16-4-5-17-15(3-1-11-35-21(17)14-16)13-23(33)29-19-7-8-20(34-12-2-10-31)24-18(19)6-9-22(32)30-24;23-22(24,25)14-6-7-16-13(3-2-8-30-20(16)10-14)9-21(29)27-19-5-1-4-18-17(19)11-15(28)12-26-18/h3-6,13-15,22H,1-2,7-12H2,(H,30,33)(H,31,34);4-5,7-8,13-14,31H,1-3,6,9-12H2,(H,29,33)(H,30,32);1,4-7,9-10,26H,2-3,8,11-12H2,(H,27,29)/b16-13+;15-13+;13-9+. The molecule has 1 saturated heterocycles. The predicted octanol–water partition coefficient (Wildman–Crippen LogP) is 13.1. The Morgan fingerprint density at radius 2 is 1.10 bits per heavy atom. The fraction of sp³-hybridized carbons (Fsp3) is 0.342. The van der Waals surface area contributed by atoms with E-state index < -0.39 is 52.9 Å². The van der Waals surface area contributed by atoms with Crippen molar-refractivity contribution in [1.29, 1.82) is 0 Å². The number of morpholine rings is 1. The third-order valence-electron chi connectivity index (χ3n) is 17.5. The monoisotopic (exact) mass is 1410 g/mol. The van der Waals surface area contributed by atoms with Gasteiger partial charge in [-0.05, 0) is 146 Å². The van der Waals surface area contributed by atoms with Crippen LogP contribution in [0, 0.1) is 0 Å². The molecule has 28 heteroatoms. The number of nitrogens with one attached hydrogen (secondary N) is 6. The van der Waals surface area contributed by atoms with Crippen LogP contribution in [-0.4, -0.2) is 117 Å². The first-order valence-corrected chi connectivity index (χ1v) is 32.8. The molecule has 1 atom stereocenters. The van der Waals surface area contributed by atoms with Crippen LogP contribution in [0.4, 0.5) is 73.6 Å². The SMILES string of the molecule is O=C(/C=C1\CCCOc2cc(C(F)(F)F)ccc21)Nc1ccc(OCCCO)c2c1CCC(=O)N2.O=C(/C=C1\CCCOc2cc(C(F)(F)F)ccc21)Nc1ccc2c(c1)NC(=O)C(N1CCOCC1)C2.O=C1CNc2cccc(NC(=O)/C=C3\CCCOc4cc(C(F)(F)F)ccc43)c2C1. The Balaban J connectivity index is 0.000000153. The molecule has 7 N–H and O–H groups in total. The number of rotatable bonds is 11. The zero-order chi connectivity index (χ0) is 71.6. The highest BCUT2D eigenvalue weighted by atomic mass is 19.4. The summed E-state index contributed by atoms with van der Waals surface area (Å²) in [6.45, 7) is 3.93. The average Bonchev–Trinajstić information content (AvgIpc) is 0.904. The third-order valence-corrected chi connectivity index (χ3v) is 17.5. The molecule has 0 spiro atoms. The molecule has 1 unspecified atom stereocenters. The number of anilines is 6. The van der Waals surface area contributed by atoms with Gasteiger partial charge in [-0.3, -0.25) is 33.7 Å². The molecular formula is C73H70F9N7O12. The molecule has 0 aromatic heterocycles. The van der Waals surface area contributed by atoms with E-state index in [9.17, 15) is 68.3 Å². The van der Waals surface area contributed by atoms with Gasteiger partial charge in [0.15, 0.2) is 5.78 Å². The van der Waals surface area contributed by atoms with Crippen LogP contribution in [0.15, 0.2) is 121 Å². The van der Waals surface area contributed by atoms with Crippen LogP contribution in [0.25, 0.3) is 16.7 Å². The van der Waals surface area contributed by atoms with E-state index in [0.29, 0.717) is 152 Å². The number of fused-ring (bicyclic) bond motifs is 6. The third kappa shape index (κ3) is 18.2. The molecule has 19 nitrogen and oxygen atoms in total. The van der Waals surface area contributed by atoms with Crippen molar-refractivity contribution in [3.63, 3.8) is 0 Å². The zero-order valence-electron chi connectivity index (χ0n) is 54.3. The maximum absolute atomic E-state index is 13.1. The summed E-state index contributed by atoms with van der Waals surface area (Å²) in [7, 11) is 0. The molecule has 6 aromatic carbocycles. The number of hydrogen-bond donors (Lipinski definition) is 7. The number of aliphatic hydroxyl groups excluding tert-OH is 1. The minimum atomic E-state index is -4.49. The smallest absolute Gasteiger partial charge is 0.416 e. The number of ketones is 1. The van der Waals surface area contributed by atoms with Gasteiger partial charge in [-0.2, -0.15) is 39.5 Å². The molecule has 7 aliphatic heterocycles. The van der Waals surface area contributed by atoms with Gasteiger partial charge in [-0.1, -0.05) is 30.3 Å². The lowest BCUT2D eigenvalue weighted by Gasteiger charge is -2.36. The minimum Gasteiger partial charge on any atom is -0.493 e. The second-order valence-corrected chi connectivity index (χ2v) is 24.5. The van der Waals surface area contributed by atoms with Crippen molar-refractivity contribution in [2.45, 2.75) is 95.2 Å². The number of alkyl halides is 9. The summed E-state index contributed by atoms with van der Waals surface area (Å²) in [5.41, 5.74) is 6.72. The van der Waals surface area contributed by atoms with E-state index in [1.807, 2.05) is 12.1 Å². The molecule has 7 heterocycles. The van der Waals surface area contributed by atoms with Gasteiger partial charge in [0.1, 0.15) is 23.0 Å². The number of carbonyl (C=O) groups excluding carboxylic acids is 6. The molecule has 0 saturated carbocycles. The minimum absolute atomic E-state index is 0.0248. The van der Waals surface area contributed by atoms with Crippen molar-refractivity contribution in [3.05, 3.63) is 171 Å². The summed E-state index contributed by atoms with van der Waals surface area (Å²) in [6.07, 6.45) is -4.21. The first-order valence-electron chi connectivity index (χ1n) is 32.8. The van der Waals surface area contributed by atoms with E-state index >= 15 is 0 Å². The molecule has 6 aromatic rings. The highest BCUT2D eigenvalue weighted by molar-refractivity contribution is 6.08. The van der Waals surface area contributed by atoms with Crippen molar-refractivity contribution in [2.24, 2.45) is 0 Å². The molecule has 101 heavy (non-hydrogen) atoms. The average molecular weight is 1410 g/mol. The van der Waals surface area contributed by atoms with Crippen LogP contribution in [-0.2, 0) is 71.3 Å². The van der Waals surface area contributed by atoms with E-state index in [1.54, 1.807) is 36.4 Å². The summed E-state index contributed by atoms with van der Waals surface area (Å²) in [5, 5.41) is 26.2. The summed E-state index contributed by atoms with van der Waals surface area (Å²) in [4.78, 5) is 77.0. The maximum Gasteiger partial charge on any atom is 0.416 e. The number of hydrogen-bond acceptors (Lipinski definition) is 14. The van der Waals surface area contributed by atoms with Crippen molar-refractivity contribution in [2.75, 3.05) is 97.8 Å². The number of aliphatic hydroxyl groups is 1. The van der Waals surface area contributed by atoms with Gasteiger partial charge in [-0.15, -0.1) is 0 Å². The largest absolute Gasteiger partial charge is 0.493 e. The van der Waals surface area contributed by atoms with Gasteiger partial charge in [0.25, 0.3) is 0 Å². The first-order chi connectivity index (χ1) is 48.3. The van der Waals surface area contributed by atoms with E-state index in [0.717, 1.165) is 58.8 Å². The molecule has 0 bridgehead atoms. The quantitative estimate of drug-likeness (QED) is 0.0363. The van der Waals surface area contributed by atoms with E-state index in [2.05, 4.69) is 36.8 Å². The summed E-state index contributed by atoms with van der Waals surface area (Å²) in [6, 6.07) is 23.7. The number of carbonyl (C=O) groups is 6. The summed E-state index contributed by atoms with van der Waals surface area (Å²) in [5.74, 6) is -0.699. The molecule has 0 radical (unpaired) electrons. The Labute approximate surface area is 573 Å². The number of benzene rings is 6. The normalized spacial score (nSPS) is 18.5. The van der Waals surface area contributed by atoms with Crippen molar-refractivity contribution >= 4 is 86.2 Å².